The van der Waals surface area contributed by atoms with E-state index in [1.54, 1.807) is 5.51 Å². The lowest BCUT2D eigenvalue weighted by atomic mass is 10.5. The minimum absolute atomic E-state index is 0. The van der Waals surface area contributed by atoms with Gasteiger partial charge in [0.15, 0.2) is 5.96 Å². The molecule has 0 spiro atoms. The van der Waals surface area contributed by atoms with E-state index < -0.39 is 0 Å². The van der Waals surface area contributed by atoms with Gasteiger partial charge in [0.2, 0.25) is 5.13 Å². The lowest BCUT2D eigenvalue weighted by molar-refractivity contribution is 0.929. The molecule has 0 aliphatic carbocycles. The molecule has 0 radical (unpaired) electrons. The maximum Gasteiger partial charge on any atom is 0.212 e. The normalized spacial score (nSPS) is 10.7. The van der Waals surface area contributed by atoms with Crippen molar-refractivity contribution in [2.75, 3.05) is 11.9 Å². The van der Waals surface area contributed by atoms with E-state index in [4.69, 9.17) is 5.73 Å². The van der Waals surface area contributed by atoms with Crippen LogP contribution in [0.3, 0.4) is 0 Å². The standard InChI is InChI=1S/C6H11N5S.HI/c1-2-3-8-5(7)10-6-11-9-4-12-6;/h4H,2-3H2,1H3,(H3,7,8,10,11);1H. The van der Waals surface area contributed by atoms with Crippen molar-refractivity contribution in [3.05, 3.63) is 5.51 Å². The van der Waals surface area contributed by atoms with Gasteiger partial charge in [-0.25, -0.2) is 0 Å². The molecule has 13 heavy (non-hydrogen) atoms. The maximum atomic E-state index is 5.53. The van der Waals surface area contributed by atoms with E-state index in [9.17, 15) is 0 Å². The number of aromatic nitrogens is 2. The smallest absolute Gasteiger partial charge is 0.212 e. The van der Waals surface area contributed by atoms with Crippen LogP contribution in [-0.2, 0) is 0 Å². The molecule has 1 rings (SSSR count). The summed E-state index contributed by atoms with van der Waals surface area (Å²) in [5.74, 6) is 0.397. The second-order valence-electron chi connectivity index (χ2n) is 2.14. The maximum absolute atomic E-state index is 5.53. The predicted octanol–water partition coefficient (Wildman–Crippen LogP) is 1.29. The van der Waals surface area contributed by atoms with E-state index in [1.807, 2.05) is 6.92 Å². The molecular formula is C6H12IN5S. The van der Waals surface area contributed by atoms with Crippen LogP contribution in [0.2, 0.25) is 0 Å². The van der Waals surface area contributed by atoms with E-state index in [0.717, 1.165) is 13.0 Å². The number of hydrogen-bond donors (Lipinski definition) is 2. The Kier molecular flexibility index (Phi) is 6.77. The van der Waals surface area contributed by atoms with Crippen LogP contribution in [0.5, 0.6) is 0 Å². The Morgan fingerprint density at radius 2 is 2.54 bits per heavy atom. The first kappa shape index (κ1) is 12.6. The molecule has 1 aromatic rings. The van der Waals surface area contributed by atoms with Gasteiger partial charge in [0.1, 0.15) is 5.51 Å². The monoisotopic (exact) mass is 313 g/mol. The average Bonchev–Trinajstić information content (AvgIpc) is 2.53. The van der Waals surface area contributed by atoms with E-state index in [2.05, 4.69) is 20.5 Å². The molecule has 0 atom stereocenters. The quantitative estimate of drug-likeness (QED) is 0.501. The van der Waals surface area contributed by atoms with Gasteiger partial charge in [0.05, 0.1) is 0 Å². The topological polar surface area (TPSA) is 76.2 Å². The van der Waals surface area contributed by atoms with Crippen LogP contribution < -0.4 is 11.1 Å². The number of anilines is 1. The SMILES string of the molecule is CCCN=C(N)Nc1nncs1.I. The van der Waals surface area contributed by atoms with Gasteiger partial charge in [-0.2, -0.15) is 0 Å². The summed E-state index contributed by atoms with van der Waals surface area (Å²) in [7, 11) is 0. The summed E-state index contributed by atoms with van der Waals surface area (Å²) in [5.41, 5.74) is 7.16. The summed E-state index contributed by atoms with van der Waals surface area (Å²) in [6.45, 7) is 2.78. The first-order valence-electron chi connectivity index (χ1n) is 3.66. The van der Waals surface area contributed by atoms with Crippen LogP contribution in [0.1, 0.15) is 13.3 Å². The summed E-state index contributed by atoms with van der Waals surface area (Å²) in [6.07, 6.45) is 0.985. The van der Waals surface area contributed by atoms with Crippen LogP contribution in [0.25, 0.3) is 0 Å². The third-order valence-electron chi connectivity index (χ3n) is 1.10. The largest absolute Gasteiger partial charge is 0.370 e. The van der Waals surface area contributed by atoms with Crippen molar-refractivity contribution in [3.63, 3.8) is 0 Å². The van der Waals surface area contributed by atoms with Gasteiger partial charge in [-0.1, -0.05) is 18.3 Å². The highest BCUT2D eigenvalue weighted by Crippen LogP contribution is 2.06. The third kappa shape index (κ3) is 4.98. The molecule has 1 aromatic heterocycles. The molecule has 0 aliphatic rings. The van der Waals surface area contributed by atoms with Gasteiger partial charge in [0.25, 0.3) is 0 Å². The van der Waals surface area contributed by atoms with Crippen LogP contribution >= 0.6 is 35.3 Å². The summed E-state index contributed by atoms with van der Waals surface area (Å²) >= 11 is 1.39. The zero-order chi connectivity index (χ0) is 8.81. The summed E-state index contributed by atoms with van der Waals surface area (Å²) < 4.78 is 0. The predicted molar refractivity (Wildman–Crippen MR) is 65.7 cm³/mol. The number of nitrogens with one attached hydrogen (secondary N) is 1. The Balaban J connectivity index is 0.00000144. The van der Waals surface area contributed by atoms with Gasteiger partial charge in [-0.3, -0.25) is 4.99 Å². The zero-order valence-corrected chi connectivity index (χ0v) is 10.4. The third-order valence-corrected chi connectivity index (χ3v) is 1.71. The fourth-order valence-electron chi connectivity index (χ4n) is 0.609. The molecule has 0 aliphatic heterocycles. The highest BCUT2D eigenvalue weighted by atomic mass is 127. The second-order valence-corrected chi connectivity index (χ2v) is 2.97. The van der Waals surface area contributed by atoms with Gasteiger partial charge in [-0.05, 0) is 6.42 Å². The Morgan fingerprint density at radius 1 is 1.77 bits per heavy atom. The first-order valence-corrected chi connectivity index (χ1v) is 4.54. The fraction of sp³-hybridized carbons (Fsp3) is 0.500. The molecule has 0 saturated heterocycles. The first-order chi connectivity index (χ1) is 5.83. The van der Waals surface area contributed by atoms with Crippen molar-refractivity contribution >= 4 is 46.4 Å². The molecule has 0 bridgehead atoms. The number of nitrogens with two attached hydrogens (primary N) is 1. The average molecular weight is 313 g/mol. The van der Waals surface area contributed by atoms with E-state index in [-0.39, 0.29) is 24.0 Å². The van der Waals surface area contributed by atoms with Crippen molar-refractivity contribution < 1.29 is 0 Å². The van der Waals surface area contributed by atoms with Gasteiger partial charge >= 0.3 is 0 Å². The molecule has 0 amide bonds. The van der Waals surface area contributed by atoms with Crippen LogP contribution in [0.4, 0.5) is 5.13 Å². The van der Waals surface area contributed by atoms with Crippen molar-refractivity contribution in [1.82, 2.24) is 10.2 Å². The number of aliphatic imine (C=N–C) groups is 1. The zero-order valence-electron chi connectivity index (χ0n) is 7.23. The van der Waals surface area contributed by atoms with E-state index in [1.165, 1.54) is 11.3 Å². The Hall–Kier alpha value is -0.440. The molecular weight excluding hydrogens is 301 g/mol. The van der Waals surface area contributed by atoms with Crippen molar-refractivity contribution in [1.29, 1.82) is 0 Å². The number of halogens is 1. The minimum Gasteiger partial charge on any atom is -0.370 e. The highest BCUT2D eigenvalue weighted by molar-refractivity contribution is 14.0. The molecule has 5 nitrogen and oxygen atoms in total. The summed E-state index contributed by atoms with van der Waals surface area (Å²) in [6, 6.07) is 0. The molecule has 0 unspecified atom stereocenters. The van der Waals surface area contributed by atoms with Crippen LogP contribution in [0, 0.1) is 0 Å². The van der Waals surface area contributed by atoms with Gasteiger partial charge in [-0.15, -0.1) is 34.2 Å². The van der Waals surface area contributed by atoms with Crippen molar-refractivity contribution in [2.24, 2.45) is 10.7 Å². The molecule has 3 N–H and O–H groups in total. The molecule has 0 fully saturated rings. The van der Waals surface area contributed by atoms with Crippen molar-refractivity contribution in [3.8, 4) is 0 Å². The van der Waals surface area contributed by atoms with E-state index in [0.29, 0.717) is 11.1 Å². The fourth-order valence-corrected chi connectivity index (χ4v) is 1.06. The molecule has 7 heteroatoms. The highest BCUT2D eigenvalue weighted by Gasteiger charge is 1.95. The van der Waals surface area contributed by atoms with Crippen LogP contribution in [0.15, 0.2) is 10.5 Å². The molecule has 0 aromatic carbocycles. The molecule has 0 saturated carbocycles. The van der Waals surface area contributed by atoms with Gasteiger partial charge in [0, 0.05) is 6.54 Å². The number of hydrogen-bond acceptors (Lipinski definition) is 4. The van der Waals surface area contributed by atoms with Crippen molar-refractivity contribution in [2.45, 2.75) is 13.3 Å². The summed E-state index contributed by atoms with van der Waals surface area (Å²) in [4.78, 5) is 4.04. The van der Waals surface area contributed by atoms with E-state index >= 15 is 0 Å². The number of guanidine groups is 1. The lowest BCUT2D eigenvalue weighted by Gasteiger charge is -1.98. The van der Waals surface area contributed by atoms with Crippen LogP contribution in [-0.4, -0.2) is 22.7 Å². The Labute approximate surface area is 97.9 Å². The number of rotatable bonds is 3. The summed E-state index contributed by atoms with van der Waals surface area (Å²) in [5, 5.41) is 10.9. The molecule has 1 heterocycles. The second kappa shape index (κ2) is 7.01. The lowest BCUT2D eigenvalue weighted by Crippen LogP contribution is -2.22. The van der Waals surface area contributed by atoms with Gasteiger partial charge < -0.3 is 11.1 Å². The Bertz CT molecular complexity index is 248. The molecule has 74 valence electrons. The Morgan fingerprint density at radius 3 is 3.08 bits per heavy atom. The number of nitrogens with zero attached hydrogens (tertiary/aromatic N) is 3. The minimum atomic E-state index is 0.